The van der Waals surface area contributed by atoms with E-state index in [0.717, 1.165) is 5.56 Å². The van der Waals surface area contributed by atoms with Crippen LogP contribution in [0.5, 0.6) is 0 Å². The predicted octanol–water partition coefficient (Wildman–Crippen LogP) is 6.48. The van der Waals surface area contributed by atoms with Crippen molar-refractivity contribution in [3.05, 3.63) is 138 Å². The zero-order valence-corrected chi connectivity index (χ0v) is 20.2. The van der Waals surface area contributed by atoms with E-state index in [1.54, 1.807) is 72.8 Å². The summed E-state index contributed by atoms with van der Waals surface area (Å²) >= 11 is 3.57. The van der Waals surface area contributed by atoms with E-state index in [1.807, 2.05) is 42.5 Å². The number of hydrogen-bond acceptors (Lipinski definition) is 4. The molecule has 1 N–H and O–H groups in total. The van der Waals surface area contributed by atoms with Crippen molar-refractivity contribution in [2.75, 3.05) is 5.32 Å². The summed E-state index contributed by atoms with van der Waals surface area (Å²) in [5, 5.41) is 2.77. The number of alkyl halides is 1. The number of halogens is 1. The van der Waals surface area contributed by atoms with Crippen LogP contribution in [-0.2, 0) is 4.74 Å². The zero-order valence-electron chi connectivity index (χ0n) is 18.6. The predicted molar refractivity (Wildman–Crippen MR) is 139 cm³/mol. The number of carbonyl (C=O) groups is 3. The summed E-state index contributed by atoms with van der Waals surface area (Å²) in [5.41, 5.74) is 2.12. The van der Waals surface area contributed by atoms with Crippen molar-refractivity contribution >= 4 is 39.3 Å². The highest BCUT2D eigenvalue weighted by Crippen LogP contribution is 2.32. The molecule has 0 saturated heterocycles. The maximum atomic E-state index is 13.4. The molecule has 0 aliphatic rings. The van der Waals surface area contributed by atoms with Gasteiger partial charge < -0.3 is 10.1 Å². The van der Waals surface area contributed by atoms with Gasteiger partial charge in [0.05, 0.1) is 16.1 Å². The minimum Gasteiger partial charge on any atom is -0.449 e. The molecule has 0 unspecified atom stereocenters. The molecule has 4 aromatic carbocycles. The Morgan fingerprint density at radius 2 is 1.17 bits per heavy atom. The van der Waals surface area contributed by atoms with E-state index in [9.17, 15) is 14.4 Å². The van der Waals surface area contributed by atoms with E-state index in [4.69, 9.17) is 4.74 Å². The van der Waals surface area contributed by atoms with Gasteiger partial charge >= 0.3 is 5.97 Å². The van der Waals surface area contributed by atoms with Gasteiger partial charge in [-0.25, -0.2) is 4.79 Å². The number of para-hydroxylation sites is 1. The van der Waals surface area contributed by atoms with Gasteiger partial charge in [0.2, 0.25) is 5.78 Å². The fourth-order valence-electron chi connectivity index (χ4n) is 3.56. The molecule has 0 aromatic heterocycles. The van der Waals surface area contributed by atoms with Gasteiger partial charge in [0.25, 0.3) is 5.91 Å². The van der Waals surface area contributed by atoms with Crippen LogP contribution in [0.25, 0.3) is 0 Å². The van der Waals surface area contributed by atoms with E-state index in [1.165, 1.54) is 0 Å². The number of carbonyl (C=O) groups excluding carboxylic acids is 3. The Bertz CT molecular complexity index is 1310. The standard InChI is InChI=1S/C29H22BrNO4/c30-25(20-12-4-1-5-13-20)27(26(32)21-14-6-2-7-15-21)35-29(34)23-18-10-11-19-24(23)31-28(33)22-16-8-3-9-17-22/h1-19,25,27H,(H,31,33)/t25-,27+/m1/s1. The molecule has 0 aliphatic carbocycles. The lowest BCUT2D eigenvalue weighted by molar-refractivity contribution is 0.0283. The summed E-state index contributed by atoms with van der Waals surface area (Å²) < 4.78 is 5.81. The zero-order chi connectivity index (χ0) is 24.6. The Morgan fingerprint density at radius 1 is 0.657 bits per heavy atom. The highest BCUT2D eigenvalue weighted by molar-refractivity contribution is 9.09. The largest absolute Gasteiger partial charge is 0.449 e. The van der Waals surface area contributed by atoms with Gasteiger partial charge in [-0.1, -0.05) is 107 Å². The number of benzene rings is 4. The molecule has 0 radical (unpaired) electrons. The Labute approximate surface area is 211 Å². The maximum absolute atomic E-state index is 13.4. The molecule has 0 fully saturated rings. The first-order valence-corrected chi connectivity index (χ1v) is 11.9. The first-order chi connectivity index (χ1) is 17.0. The number of amides is 1. The van der Waals surface area contributed by atoms with Gasteiger partial charge in [0.15, 0.2) is 6.10 Å². The fraction of sp³-hybridized carbons (Fsp3) is 0.0690. The molecular formula is C29H22BrNO4. The number of hydrogen-bond donors (Lipinski definition) is 1. The monoisotopic (exact) mass is 527 g/mol. The molecule has 0 spiro atoms. The molecule has 4 aromatic rings. The second-order valence-corrected chi connectivity index (χ2v) is 8.72. The Kier molecular flexibility index (Phi) is 7.85. The molecule has 0 saturated carbocycles. The summed E-state index contributed by atoms with van der Waals surface area (Å²) in [7, 11) is 0. The smallest absolute Gasteiger partial charge is 0.341 e. The Balaban J connectivity index is 1.62. The van der Waals surface area contributed by atoms with Crippen molar-refractivity contribution in [3.8, 4) is 0 Å². The Morgan fingerprint density at radius 3 is 1.80 bits per heavy atom. The van der Waals surface area contributed by atoms with Crippen molar-refractivity contribution < 1.29 is 19.1 Å². The molecule has 2 atom stereocenters. The number of rotatable bonds is 8. The van der Waals surface area contributed by atoms with Crippen LogP contribution in [-0.4, -0.2) is 23.8 Å². The van der Waals surface area contributed by atoms with Crippen LogP contribution in [0.2, 0.25) is 0 Å². The van der Waals surface area contributed by atoms with Crippen LogP contribution in [0.3, 0.4) is 0 Å². The summed E-state index contributed by atoms with van der Waals surface area (Å²) in [6.45, 7) is 0. The van der Waals surface area contributed by atoms with Gasteiger partial charge in [-0.3, -0.25) is 9.59 Å². The number of ether oxygens (including phenoxy) is 1. The first kappa shape index (κ1) is 24.1. The minimum absolute atomic E-state index is 0.149. The third-order valence-electron chi connectivity index (χ3n) is 5.37. The lowest BCUT2D eigenvalue weighted by Crippen LogP contribution is -2.31. The number of nitrogens with one attached hydrogen (secondary N) is 1. The van der Waals surface area contributed by atoms with Gasteiger partial charge in [0.1, 0.15) is 0 Å². The molecule has 0 heterocycles. The van der Waals surface area contributed by atoms with Gasteiger partial charge in [-0.2, -0.15) is 0 Å². The average Bonchev–Trinajstić information content (AvgIpc) is 2.92. The van der Waals surface area contributed by atoms with Gasteiger partial charge in [-0.05, 0) is 29.8 Å². The lowest BCUT2D eigenvalue weighted by Gasteiger charge is -2.23. The molecule has 4 rings (SSSR count). The second kappa shape index (κ2) is 11.4. The lowest BCUT2D eigenvalue weighted by atomic mass is 9.99. The van der Waals surface area contributed by atoms with Gasteiger partial charge in [0, 0.05) is 11.1 Å². The molecule has 6 heteroatoms. The van der Waals surface area contributed by atoms with Crippen LogP contribution in [0.15, 0.2) is 115 Å². The molecule has 0 bridgehead atoms. The molecule has 1 amide bonds. The van der Waals surface area contributed by atoms with Gasteiger partial charge in [-0.15, -0.1) is 0 Å². The second-order valence-electron chi connectivity index (χ2n) is 7.73. The van der Waals surface area contributed by atoms with Crippen molar-refractivity contribution in [2.24, 2.45) is 0 Å². The van der Waals surface area contributed by atoms with E-state index in [0.29, 0.717) is 16.8 Å². The SMILES string of the molecule is O=C(Nc1ccccc1C(=O)O[C@H](C(=O)c1ccccc1)[C@H](Br)c1ccccc1)c1ccccc1. The van der Waals surface area contributed by atoms with Crippen LogP contribution in [0.4, 0.5) is 5.69 Å². The Hall–Kier alpha value is -4.03. The number of ketones is 1. The van der Waals surface area contributed by atoms with Crippen molar-refractivity contribution in [3.63, 3.8) is 0 Å². The van der Waals surface area contributed by atoms with Crippen molar-refractivity contribution in [2.45, 2.75) is 10.9 Å². The topological polar surface area (TPSA) is 72.5 Å². The fourth-order valence-corrected chi connectivity index (χ4v) is 4.21. The normalized spacial score (nSPS) is 12.3. The molecule has 5 nitrogen and oxygen atoms in total. The molecular weight excluding hydrogens is 506 g/mol. The van der Waals surface area contributed by atoms with E-state index >= 15 is 0 Å². The van der Waals surface area contributed by atoms with Crippen LogP contribution in [0.1, 0.15) is 41.5 Å². The third-order valence-corrected chi connectivity index (χ3v) is 6.37. The van der Waals surface area contributed by atoms with E-state index in [-0.39, 0.29) is 17.3 Å². The highest BCUT2D eigenvalue weighted by Gasteiger charge is 2.33. The molecule has 0 aliphatic heterocycles. The maximum Gasteiger partial charge on any atom is 0.341 e. The van der Waals surface area contributed by atoms with E-state index < -0.39 is 16.9 Å². The van der Waals surface area contributed by atoms with Crippen LogP contribution < -0.4 is 5.32 Å². The van der Waals surface area contributed by atoms with Crippen LogP contribution >= 0.6 is 15.9 Å². The quantitative estimate of drug-likeness (QED) is 0.161. The first-order valence-electron chi connectivity index (χ1n) is 11.0. The van der Waals surface area contributed by atoms with E-state index in [2.05, 4.69) is 21.2 Å². The number of Topliss-reactive ketones (excluding diaryl/α,β-unsaturated/α-hetero) is 1. The average molecular weight is 528 g/mol. The summed E-state index contributed by atoms with van der Waals surface area (Å²) in [5.74, 6) is -1.41. The highest BCUT2D eigenvalue weighted by atomic mass is 79.9. The third kappa shape index (κ3) is 5.91. The minimum atomic E-state index is -1.13. The summed E-state index contributed by atoms with van der Waals surface area (Å²) in [6, 6.07) is 33.2. The molecule has 174 valence electrons. The number of esters is 1. The molecule has 35 heavy (non-hydrogen) atoms. The van der Waals surface area contributed by atoms with Crippen molar-refractivity contribution in [1.82, 2.24) is 0 Å². The number of anilines is 1. The summed E-state index contributed by atoms with van der Waals surface area (Å²) in [4.78, 5) is 38.8. The van der Waals surface area contributed by atoms with Crippen molar-refractivity contribution in [1.29, 1.82) is 0 Å². The summed E-state index contributed by atoms with van der Waals surface area (Å²) in [6.07, 6.45) is -1.13. The van der Waals surface area contributed by atoms with Crippen LogP contribution in [0, 0.1) is 0 Å².